The number of methoxy groups -OCH3 is 1. The molecule has 1 unspecified atom stereocenters. The first-order valence-corrected chi connectivity index (χ1v) is 6.68. The standard InChI is InChI=1S/C15H21NO5/c1-10(2)21-9-11-4-6-12(7-5-11)14(18)16-8-13(17)15(19)20-3/h4-7,10,13,17H,8-9H2,1-3H3,(H,16,18). The molecule has 1 rings (SSSR count). The van der Waals surface area contributed by atoms with E-state index in [4.69, 9.17) is 4.74 Å². The van der Waals surface area contributed by atoms with Crippen molar-refractivity contribution in [3.63, 3.8) is 0 Å². The average molecular weight is 295 g/mol. The minimum absolute atomic E-state index is 0.146. The molecule has 0 aliphatic rings. The number of aliphatic hydroxyl groups excluding tert-OH is 1. The Kier molecular flexibility index (Phi) is 6.84. The van der Waals surface area contributed by atoms with Crippen LogP contribution in [0.3, 0.4) is 0 Å². The van der Waals surface area contributed by atoms with Crippen molar-refractivity contribution in [2.24, 2.45) is 0 Å². The van der Waals surface area contributed by atoms with Crippen LogP contribution in [0.4, 0.5) is 0 Å². The maximum atomic E-state index is 11.8. The lowest BCUT2D eigenvalue weighted by Crippen LogP contribution is -2.37. The predicted molar refractivity (Wildman–Crippen MR) is 76.7 cm³/mol. The number of amides is 1. The highest BCUT2D eigenvalue weighted by atomic mass is 16.5. The summed E-state index contributed by atoms with van der Waals surface area (Å²) in [6.45, 7) is 4.20. The Morgan fingerprint density at radius 3 is 2.38 bits per heavy atom. The fourth-order valence-electron chi connectivity index (χ4n) is 1.53. The highest BCUT2D eigenvalue weighted by Gasteiger charge is 2.16. The summed E-state index contributed by atoms with van der Waals surface area (Å²) in [6, 6.07) is 6.93. The average Bonchev–Trinajstić information content (AvgIpc) is 2.49. The molecular formula is C15H21NO5. The van der Waals surface area contributed by atoms with Gasteiger partial charge in [-0.05, 0) is 31.5 Å². The van der Waals surface area contributed by atoms with Gasteiger partial charge in [0.1, 0.15) is 0 Å². The summed E-state index contributed by atoms with van der Waals surface area (Å²) in [7, 11) is 1.17. The molecule has 0 aliphatic carbocycles. The molecular weight excluding hydrogens is 274 g/mol. The van der Waals surface area contributed by atoms with Crippen molar-refractivity contribution in [2.75, 3.05) is 13.7 Å². The van der Waals surface area contributed by atoms with Gasteiger partial charge < -0.3 is 19.9 Å². The molecule has 1 amide bonds. The van der Waals surface area contributed by atoms with E-state index >= 15 is 0 Å². The van der Waals surface area contributed by atoms with Crippen molar-refractivity contribution in [1.29, 1.82) is 0 Å². The summed E-state index contributed by atoms with van der Waals surface area (Å²) in [5, 5.41) is 11.8. The Bertz CT molecular complexity index is 469. The second kappa shape index (κ2) is 8.39. The molecule has 6 nitrogen and oxygen atoms in total. The van der Waals surface area contributed by atoms with Gasteiger partial charge in [-0.15, -0.1) is 0 Å². The predicted octanol–water partition coefficient (Wildman–Crippen LogP) is 0.875. The van der Waals surface area contributed by atoms with E-state index < -0.39 is 12.1 Å². The number of esters is 1. The van der Waals surface area contributed by atoms with Crippen molar-refractivity contribution >= 4 is 11.9 Å². The van der Waals surface area contributed by atoms with Crippen LogP contribution in [-0.4, -0.2) is 42.8 Å². The lowest BCUT2D eigenvalue weighted by atomic mass is 10.1. The van der Waals surface area contributed by atoms with Crippen LogP contribution in [0.25, 0.3) is 0 Å². The van der Waals surface area contributed by atoms with Gasteiger partial charge in [0.25, 0.3) is 5.91 Å². The third kappa shape index (κ3) is 5.93. The lowest BCUT2D eigenvalue weighted by molar-refractivity contribution is -0.149. The van der Waals surface area contributed by atoms with Gasteiger partial charge in [0, 0.05) is 5.56 Å². The van der Waals surface area contributed by atoms with Gasteiger partial charge in [-0.25, -0.2) is 4.79 Å². The maximum Gasteiger partial charge on any atom is 0.336 e. The zero-order valence-corrected chi connectivity index (χ0v) is 12.5. The van der Waals surface area contributed by atoms with Crippen LogP contribution in [-0.2, 0) is 20.9 Å². The van der Waals surface area contributed by atoms with Crippen molar-refractivity contribution in [1.82, 2.24) is 5.32 Å². The van der Waals surface area contributed by atoms with Crippen LogP contribution in [0, 0.1) is 0 Å². The van der Waals surface area contributed by atoms with Crippen LogP contribution in [0.2, 0.25) is 0 Å². The first-order valence-electron chi connectivity index (χ1n) is 6.68. The molecule has 0 aliphatic heterocycles. The molecule has 1 aromatic rings. The van der Waals surface area contributed by atoms with Crippen molar-refractivity contribution < 1.29 is 24.2 Å². The molecule has 6 heteroatoms. The normalized spacial score (nSPS) is 12.0. The monoisotopic (exact) mass is 295 g/mol. The van der Waals surface area contributed by atoms with E-state index in [9.17, 15) is 14.7 Å². The van der Waals surface area contributed by atoms with Crippen LogP contribution in [0.1, 0.15) is 29.8 Å². The summed E-state index contributed by atoms with van der Waals surface area (Å²) in [4.78, 5) is 22.8. The molecule has 1 aromatic carbocycles. The first kappa shape index (κ1) is 17.1. The topological polar surface area (TPSA) is 84.9 Å². The van der Waals surface area contributed by atoms with Crippen molar-refractivity contribution in [3.05, 3.63) is 35.4 Å². The third-order valence-electron chi connectivity index (χ3n) is 2.73. The second-order valence-electron chi connectivity index (χ2n) is 4.81. The number of nitrogens with one attached hydrogen (secondary N) is 1. The summed E-state index contributed by atoms with van der Waals surface area (Å²) in [5.74, 6) is -1.15. The van der Waals surface area contributed by atoms with Crippen molar-refractivity contribution in [2.45, 2.75) is 32.7 Å². The highest BCUT2D eigenvalue weighted by Crippen LogP contribution is 2.07. The first-order chi connectivity index (χ1) is 9.93. The molecule has 0 bridgehead atoms. The van der Waals surface area contributed by atoms with Gasteiger partial charge in [0.15, 0.2) is 6.10 Å². The number of benzene rings is 1. The molecule has 0 radical (unpaired) electrons. The summed E-state index contributed by atoms with van der Waals surface area (Å²) >= 11 is 0. The van der Waals surface area contributed by atoms with Crippen LogP contribution < -0.4 is 5.32 Å². The summed E-state index contributed by atoms with van der Waals surface area (Å²) in [5.41, 5.74) is 1.41. The van der Waals surface area contributed by atoms with Gasteiger partial charge in [0.05, 0.1) is 26.4 Å². The second-order valence-corrected chi connectivity index (χ2v) is 4.81. The van der Waals surface area contributed by atoms with Gasteiger partial charge >= 0.3 is 5.97 Å². The number of ether oxygens (including phenoxy) is 2. The molecule has 21 heavy (non-hydrogen) atoms. The smallest absolute Gasteiger partial charge is 0.336 e. The molecule has 0 heterocycles. The number of carbonyl (C=O) groups is 2. The Hall–Kier alpha value is -1.92. The number of aliphatic hydroxyl groups is 1. The summed E-state index contributed by atoms with van der Waals surface area (Å²) in [6.07, 6.45) is -1.22. The molecule has 2 N–H and O–H groups in total. The van der Waals surface area contributed by atoms with E-state index in [-0.39, 0.29) is 18.6 Å². The van der Waals surface area contributed by atoms with E-state index in [1.807, 2.05) is 13.8 Å². The van der Waals surface area contributed by atoms with E-state index in [0.29, 0.717) is 12.2 Å². The SMILES string of the molecule is COC(=O)C(O)CNC(=O)c1ccc(COC(C)C)cc1. The molecule has 0 aromatic heterocycles. The number of hydrogen-bond donors (Lipinski definition) is 2. The minimum Gasteiger partial charge on any atom is -0.467 e. The van der Waals surface area contributed by atoms with Gasteiger partial charge in [0.2, 0.25) is 0 Å². The Morgan fingerprint density at radius 1 is 1.24 bits per heavy atom. The molecule has 0 saturated heterocycles. The molecule has 1 atom stereocenters. The number of rotatable bonds is 7. The maximum absolute atomic E-state index is 11.8. The summed E-state index contributed by atoms with van der Waals surface area (Å²) < 4.78 is 9.82. The zero-order chi connectivity index (χ0) is 15.8. The third-order valence-corrected chi connectivity index (χ3v) is 2.73. The highest BCUT2D eigenvalue weighted by molar-refractivity contribution is 5.94. The zero-order valence-electron chi connectivity index (χ0n) is 12.5. The van der Waals surface area contributed by atoms with Crippen molar-refractivity contribution in [3.8, 4) is 0 Å². The van der Waals surface area contributed by atoms with Crippen LogP contribution in [0.5, 0.6) is 0 Å². The fraction of sp³-hybridized carbons (Fsp3) is 0.467. The Morgan fingerprint density at radius 2 is 1.86 bits per heavy atom. The molecule has 0 saturated carbocycles. The van der Waals surface area contributed by atoms with Gasteiger partial charge in [-0.1, -0.05) is 12.1 Å². The quantitative estimate of drug-likeness (QED) is 0.729. The van der Waals surface area contributed by atoms with E-state index in [0.717, 1.165) is 5.56 Å². The van der Waals surface area contributed by atoms with Gasteiger partial charge in [-0.3, -0.25) is 4.79 Å². The van der Waals surface area contributed by atoms with E-state index in [1.165, 1.54) is 7.11 Å². The Balaban J connectivity index is 2.49. The molecule has 0 spiro atoms. The van der Waals surface area contributed by atoms with E-state index in [2.05, 4.69) is 10.1 Å². The van der Waals surface area contributed by atoms with E-state index in [1.54, 1.807) is 24.3 Å². The number of carbonyl (C=O) groups excluding carboxylic acids is 2. The minimum atomic E-state index is -1.36. The molecule has 0 fully saturated rings. The largest absolute Gasteiger partial charge is 0.467 e. The Labute approximate surface area is 124 Å². The fourth-order valence-corrected chi connectivity index (χ4v) is 1.53. The van der Waals surface area contributed by atoms with Crippen LogP contribution in [0.15, 0.2) is 24.3 Å². The lowest BCUT2D eigenvalue weighted by Gasteiger charge is -2.10. The molecule has 116 valence electrons. The number of hydrogen-bond acceptors (Lipinski definition) is 5. The van der Waals surface area contributed by atoms with Gasteiger partial charge in [-0.2, -0.15) is 0 Å². The van der Waals surface area contributed by atoms with Crippen LogP contribution >= 0.6 is 0 Å².